The van der Waals surface area contributed by atoms with Crippen molar-refractivity contribution in [2.24, 2.45) is 0 Å². The van der Waals surface area contributed by atoms with Crippen molar-refractivity contribution in [3.05, 3.63) is 29.5 Å². The molecule has 1 aliphatic rings. The van der Waals surface area contributed by atoms with Crippen molar-refractivity contribution in [1.82, 2.24) is 15.1 Å². The molecule has 0 aliphatic heterocycles. The Morgan fingerprint density at radius 1 is 1.29 bits per heavy atom. The summed E-state index contributed by atoms with van der Waals surface area (Å²) >= 11 is 0. The molecule has 0 radical (unpaired) electrons. The zero-order valence-electron chi connectivity index (χ0n) is 12.9. The van der Waals surface area contributed by atoms with Gasteiger partial charge in [0, 0.05) is 11.4 Å². The number of benzene rings is 1. The molecule has 0 saturated heterocycles. The molecule has 1 aliphatic carbocycles. The molecule has 1 fully saturated rings. The van der Waals surface area contributed by atoms with Crippen LogP contribution in [0.2, 0.25) is 0 Å². The average Bonchev–Trinajstić information content (AvgIpc) is 2.87. The van der Waals surface area contributed by atoms with Gasteiger partial charge in [0.05, 0.1) is 11.7 Å². The maximum Gasteiger partial charge on any atom is 0.241 e. The molecule has 1 N–H and O–H groups in total. The van der Waals surface area contributed by atoms with Crippen LogP contribution >= 0.6 is 0 Å². The van der Waals surface area contributed by atoms with Crippen molar-refractivity contribution >= 4 is 16.8 Å². The van der Waals surface area contributed by atoms with E-state index in [1.54, 1.807) is 4.68 Å². The Labute approximate surface area is 125 Å². The van der Waals surface area contributed by atoms with Gasteiger partial charge in [-0.05, 0) is 43.9 Å². The van der Waals surface area contributed by atoms with Crippen LogP contribution in [0, 0.1) is 13.8 Å². The fraction of sp³-hybridized carbons (Fsp3) is 0.529. The van der Waals surface area contributed by atoms with Crippen LogP contribution in [0.5, 0.6) is 0 Å². The van der Waals surface area contributed by atoms with Gasteiger partial charge in [0.2, 0.25) is 5.91 Å². The smallest absolute Gasteiger partial charge is 0.241 e. The van der Waals surface area contributed by atoms with Crippen LogP contribution in [-0.2, 0) is 11.3 Å². The molecule has 2 aromatic rings. The van der Waals surface area contributed by atoms with Gasteiger partial charge in [-0.3, -0.25) is 9.48 Å². The second kappa shape index (κ2) is 5.88. The fourth-order valence-electron chi connectivity index (χ4n) is 3.18. The van der Waals surface area contributed by atoms with Crippen molar-refractivity contribution in [2.45, 2.75) is 58.5 Å². The van der Waals surface area contributed by atoms with Crippen molar-refractivity contribution in [3.8, 4) is 0 Å². The molecule has 4 heteroatoms. The molecule has 1 aromatic heterocycles. The van der Waals surface area contributed by atoms with E-state index >= 15 is 0 Å². The minimum Gasteiger partial charge on any atom is -0.352 e. The third-order valence-electron chi connectivity index (χ3n) is 4.63. The molecule has 1 heterocycles. The summed E-state index contributed by atoms with van der Waals surface area (Å²) in [7, 11) is 0. The van der Waals surface area contributed by atoms with Crippen molar-refractivity contribution in [3.63, 3.8) is 0 Å². The first-order chi connectivity index (χ1) is 10.1. The largest absolute Gasteiger partial charge is 0.352 e. The Kier molecular flexibility index (Phi) is 3.95. The highest BCUT2D eigenvalue weighted by molar-refractivity contribution is 5.85. The lowest BCUT2D eigenvalue weighted by Gasteiger charge is -2.22. The molecule has 1 amide bonds. The Hall–Kier alpha value is -1.84. The van der Waals surface area contributed by atoms with Crippen molar-refractivity contribution in [1.29, 1.82) is 0 Å². The van der Waals surface area contributed by atoms with Gasteiger partial charge in [-0.1, -0.05) is 25.3 Å². The monoisotopic (exact) mass is 285 g/mol. The first-order valence-electron chi connectivity index (χ1n) is 7.86. The average molecular weight is 285 g/mol. The van der Waals surface area contributed by atoms with E-state index in [0.29, 0.717) is 12.6 Å². The first-order valence-corrected chi connectivity index (χ1v) is 7.86. The number of nitrogens with one attached hydrogen (secondary N) is 1. The van der Waals surface area contributed by atoms with Crippen LogP contribution < -0.4 is 5.32 Å². The number of aromatic nitrogens is 2. The summed E-state index contributed by atoms with van der Waals surface area (Å²) in [5.74, 6) is 0.0742. The maximum atomic E-state index is 12.2. The number of rotatable bonds is 3. The van der Waals surface area contributed by atoms with Gasteiger partial charge >= 0.3 is 0 Å². The second-order valence-electron chi connectivity index (χ2n) is 6.14. The number of carbonyl (C=O) groups is 1. The summed E-state index contributed by atoms with van der Waals surface area (Å²) in [5.41, 5.74) is 3.54. The Balaban J connectivity index is 1.72. The molecule has 1 saturated carbocycles. The second-order valence-corrected chi connectivity index (χ2v) is 6.14. The predicted octanol–water partition coefficient (Wildman–Crippen LogP) is 3.10. The number of aryl methyl sites for hydroxylation is 2. The van der Waals surface area contributed by atoms with Crippen LogP contribution in [0.3, 0.4) is 0 Å². The predicted molar refractivity (Wildman–Crippen MR) is 84.2 cm³/mol. The van der Waals surface area contributed by atoms with E-state index in [1.807, 2.05) is 6.20 Å². The topological polar surface area (TPSA) is 46.9 Å². The maximum absolute atomic E-state index is 12.2. The van der Waals surface area contributed by atoms with E-state index in [0.717, 1.165) is 23.7 Å². The van der Waals surface area contributed by atoms with Gasteiger partial charge in [0.25, 0.3) is 0 Å². The molecule has 0 bridgehead atoms. The Morgan fingerprint density at radius 2 is 2.05 bits per heavy atom. The molecule has 0 unspecified atom stereocenters. The van der Waals surface area contributed by atoms with E-state index in [4.69, 9.17) is 0 Å². The quantitative estimate of drug-likeness (QED) is 0.942. The van der Waals surface area contributed by atoms with Gasteiger partial charge in [-0.25, -0.2) is 0 Å². The van der Waals surface area contributed by atoms with Crippen LogP contribution in [-0.4, -0.2) is 21.7 Å². The van der Waals surface area contributed by atoms with Crippen molar-refractivity contribution < 1.29 is 4.79 Å². The molecular formula is C17H23N3O. The molecule has 3 rings (SSSR count). The number of hydrogen-bond acceptors (Lipinski definition) is 2. The van der Waals surface area contributed by atoms with Crippen molar-refractivity contribution in [2.75, 3.05) is 0 Å². The number of fused-ring (bicyclic) bond motifs is 1. The molecule has 4 nitrogen and oxygen atoms in total. The summed E-state index contributed by atoms with van der Waals surface area (Å²) in [6, 6.07) is 4.50. The Bertz CT molecular complexity index is 653. The lowest BCUT2D eigenvalue weighted by atomic mass is 9.95. The van der Waals surface area contributed by atoms with E-state index in [2.05, 4.69) is 36.4 Å². The van der Waals surface area contributed by atoms with E-state index in [-0.39, 0.29) is 5.91 Å². The summed E-state index contributed by atoms with van der Waals surface area (Å²) in [4.78, 5) is 12.2. The summed E-state index contributed by atoms with van der Waals surface area (Å²) in [6.07, 6.45) is 7.86. The van der Waals surface area contributed by atoms with Crippen LogP contribution in [0.15, 0.2) is 18.3 Å². The third kappa shape index (κ3) is 2.94. The zero-order chi connectivity index (χ0) is 14.8. The Morgan fingerprint density at radius 3 is 2.81 bits per heavy atom. The summed E-state index contributed by atoms with van der Waals surface area (Å²) in [6.45, 7) is 4.51. The number of nitrogens with zero attached hydrogens (tertiary/aromatic N) is 2. The number of carbonyl (C=O) groups excluding carboxylic acids is 1. The van der Waals surface area contributed by atoms with Crippen LogP contribution in [0.1, 0.15) is 43.2 Å². The summed E-state index contributed by atoms with van der Waals surface area (Å²) in [5, 5.41) is 8.67. The SMILES string of the molecule is Cc1ccc2c(cnn2CC(=O)NC2CCCCC2)c1C. The zero-order valence-corrected chi connectivity index (χ0v) is 12.9. The normalized spacial score (nSPS) is 16.3. The highest BCUT2D eigenvalue weighted by Gasteiger charge is 2.16. The van der Waals surface area contributed by atoms with Crippen LogP contribution in [0.25, 0.3) is 10.9 Å². The lowest BCUT2D eigenvalue weighted by Crippen LogP contribution is -2.38. The minimum absolute atomic E-state index is 0.0742. The van der Waals surface area contributed by atoms with Gasteiger partial charge in [-0.15, -0.1) is 0 Å². The van der Waals surface area contributed by atoms with Crippen LogP contribution in [0.4, 0.5) is 0 Å². The van der Waals surface area contributed by atoms with Gasteiger partial charge in [0.15, 0.2) is 0 Å². The van der Waals surface area contributed by atoms with E-state index in [9.17, 15) is 4.79 Å². The minimum atomic E-state index is 0.0742. The molecule has 0 spiro atoms. The van der Waals surface area contributed by atoms with Gasteiger partial charge in [-0.2, -0.15) is 5.10 Å². The molecular weight excluding hydrogens is 262 g/mol. The van der Waals surface area contributed by atoms with Gasteiger partial charge < -0.3 is 5.32 Å². The fourth-order valence-corrected chi connectivity index (χ4v) is 3.18. The van der Waals surface area contributed by atoms with Gasteiger partial charge in [0.1, 0.15) is 6.54 Å². The lowest BCUT2D eigenvalue weighted by molar-refractivity contribution is -0.122. The van der Waals surface area contributed by atoms with E-state index in [1.165, 1.54) is 30.4 Å². The number of amides is 1. The first kappa shape index (κ1) is 14.1. The highest BCUT2D eigenvalue weighted by Crippen LogP contribution is 2.21. The molecule has 21 heavy (non-hydrogen) atoms. The highest BCUT2D eigenvalue weighted by atomic mass is 16.2. The standard InChI is InChI=1S/C17H23N3O/c1-12-8-9-16-15(13(12)2)10-18-20(16)11-17(21)19-14-6-4-3-5-7-14/h8-10,14H,3-7,11H2,1-2H3,(H,19,21). The van der Waals surface area contributed by atoms with E-state index < -0.39 is 0 Å². The molecule has 112 valence electrons. The summed E-state index contributed by atoms with van der Waals surface area (Å²) < 4.78 is 1.81. The number of hydrogen-bond donors (Lipinski definition) is 1. The molecule has 1 aromatic carbocycles. The molecule has 0 atom stereocenters. The third-order valence-corrected chi connectivity index (χ3v) is 4.63.